The number of anilines is 1. The molecule has 1 aliphatic heterocycles. The Kier molecular flexibility index (Phi) is 4.31. The molecule has 1 amide bonds. The van der Waals surface area contributed by atoms with Crippen molar-refractivity contribution in [2.45, 2.75) is 6.42 Å². The van der Waals surface area contributed by atoms with Gasteiger partial charge in [0.15, 0.2) is 0 Å². The SMILES string of the molecule is COC(=O)Nc1ccc(C2=CCS(=O)CC2)c(F)c1. The van der Waals surface area contributed by atoms with Crippen molar-refractivity contribution in [3.05, 3.63) is 35.7 Å². The van der Waals surface area contributed by atoms with Crippen LogP contribution >= 0.6 is 0 Å². The molecule has 0 fully saturated rings. The van der Waals surface area contributed by atoms with Crippen LogP contribution in [0.25, 0.3) is 5.57 Å². The molecule has 0 aliphatic carbocycles. The van der Waals surface area contributed by atoms with E-state index in [2.05, 4.69) is 10.1 Å². The van der Waals surface area contributed by atoms with Crippen molar-refractivity contribution in [3.63, 3.8) is 0 Å². The molecule has 1 aliphatic rings. The van der Waals surface area contributed by atoms with E-state index in [1.807, 2.05) is 6.08 Å². The summed E-state index contributed by atoms with van der Waals surface area (Å²) in [5, 5.41) is 2.40. The summed E-state index contributed by atoms with van der Waals surface area (Å²) in [5.74, 6) is 0.623. The van der Waals surface area contributed by atoms with Gasteiger partial charge in [-0.3, -0.25) is 9.53 Å². The maximum Gasteiger partial charge on any atom is 0.411 e. The molecule has 0 saturated carbocycles. The number of hydrogen-bond acceptors (Lipinski definition) is 3. The third-order valence-electron chi connectivity index (χ3n) is 2.86. The van der Waals surface area contributed by atoms with Gasteiger partial charge in [0, 0.05) is 33.6 Å². The van der Waals surface area contributed by atoms with Crippen molar-refractivity contribution in [2.24, 2.45) is 0 Å². The first kappa shape index (κ1) is 13.7. The van der Waals surface area contributed by atoms with Gasteiger partial charge < -0.3 is 4.74 Å². The zero-order chi connectivity index (χ0) is 13.8. The van der Waals surface area contributed by atoms with Crippen LogP contribution in [0, 0.1) is 5.82 Å². The number of rotatable bonds is 2. The Balaban J connectivity index is 2.20. The molecule has 1 N–H and O–H groups in total. The average Bonchev–Trinajstić information content (AvgIpc) is 2.40. The first-order valence-corrected chi connectivity index (χ1v) is 7.28. The molecule has 0 aromatic heterocycles. The van der Waals surface area contributed by atoms with Gasteiger partial charge in [0.05, 0.1) is 7.11 Å². The standard InChI is InChI=1S/C13H14FNO3S/c1-18-13(16)15-10-2-3-11(12(14)8-10)9-4-6-19(17)7-5-9/h2-4,8H,5-7H2,1H3,(H,15,16). The Hall–Kier alpha value is -1.69. The van der Waals surface area contributed by atoms with Gasteiger partial charge in [-0.25, -0.2) is 9.18 Å². The van der Waals surface area contributed by atoms with Gasteiger partial charge in [-0.1, -0.05) is 6.08 Å². The highest BCUT2D eigenvalue weighted by Gasteiger charge is 2.14. The molecule has 19 heavy (non-hydrogen) atoms. The zero-order valence-corrected chi connectivity index (χ0v) is 11.3. The first-order valence-electron chi connectivity index (χ1n) is 5.79. The fourth-order valence-electron chi connectivity index (χ4n) is 1.87. The number of carbonyl (C=O) groups excluding carboxylic acids is 1. The largest absolute Gasteiger partial charge is 0.453 e. The van der Waals surface area contributed by atoms with Crippen molar-refractivity contribution in [1.82, 2.24) is 0 Å². The van der Waals surface area contributed by atoms with E-state index < -0.39 is 22.7 Å². The molecular formula is C13H14FNO3S. The maximum absolute atomic E-state index is 14.0. The van der Waals surface area contributed by atoms with Gasteiger partial charge in [0.1, 0.15) is 5.82 Å². The van der Waals surface area contributed by atoms with E-state index >= 15 is 0 Å². The second kappa shape index (κ2) is 5.97. The van der Waals surface area contributed by atoms with Crippen LogP contribution < -0.4 is 5.32 Å². The van der Waals surface area contributed by atoms with Gasteiger partial charge in [-0.15, -0.1) is 0 Å². The highest BCUT2D eigenvalue weighted by atomic mass is 32.2. The van der Waals surface area contributed by atoms with Crippen LogP contribution in [-0.4, -0.2) is 28.9 Å². The van der Waals surface area contributed by atoms with E-state index in [0.29, 0.717) is 29.2 Å². The second-order valence-electron chi connectivity index (χ2n) is 4.10. The van der Waals surface area contributed by atoms with Crippen LogP contribution in [0.1, 0.15) is 12.0 Å². The highest BCUT2D eigenvalue weighted by Crippen LogP contribution is 2.26. The van der Waals surface area contributed by atoms with Crippen LogP contribution in [0.2, 0.25) is 0 Å². The summed E-state index contributed by atoms with van der Waals surface area (Å²) in [7, 11) is 0.416. The van der Waals surface area contributed by atoms with Crippen LogP contribution in [0.4, 0.5) is 14.9 Å². The Bertz CT molecular complexity index is 557. The van der Waals surface area contributed by atoms with Crippen molar-refractivity contribution in [3.8, 4) is 0 Å². The molecule has 0 radical (unpaired) electrons. The number of hydrogen-bond donors (Lipinski definition) is 1. The molecule has 0 bridgehead atoms. The predicted molar refractivity (Wildman–Crippen MR) is 72.9 cm³/mol. The zero-order valence-electron chi connectivity index (χ0n) is 10.4. The normalized spacial score (nSPS) is 18.6. The quantitative estimate of drug-likeness (QED) is 0.907. The van der Waals surface area contributed by atoms with Gasteiger partial charge in [0.25, 0.3) is 0 Å². The smallest absolute Gasteiger partial charge is 0.411 e. The lowest BCUT2D eigenvalue weighted by Crippen LogP contribution is -2.12. The van der Waals surface area contributed by atoms with Gasteiger partial charge in [-0.2, -0.15) is 0 Å². The van der Waals surface area contributed by atoms with E-state index in [1.54, 1.807) is 12.1 Å². The fraction of sp³-hybridized carbons (Fsp3) is 0.308. The van der Waals surface area contributed by atoms with E-state index in [-0.39, 0.29) is 0 Å². The molecule has 1 atom stereocenters. The minimum atomic E-state index is -0.827. The third-order valence-corrected chi connectivity index (χ3v) is 4.06. The Morgan fingerprint density at radius 3 is 2.84 bits per heavy atom. The van der Waals surface area contributed by atoms with Gasteiger partial charge in [0.2, 0.25) is 0 Å². The summed E-state index contributed by atoms with van der Waals surface area (Å²) in [6, 6.07) is 4.47. The van der Waals surface area contributed by atoms with E-state index in [1.165, 1.54) is 13.2 Å². The molecule has 0 spiro atoms. The number of ether oxygens (including phenoxy) is 1. The lowest BCUT2D eigenvalue weighted by atomic mass is 10.0. The maximum atomic E-state index is 14.0. The van der Waals surface area contributed by atoms with Crippen LogP contribution in [-0.2, 0) is 15.5 Å². The second-order valence-corrected chi connectivity index (χ2v) is 5.72. The summed E-state index contributed by atoms with van der Waals surface area (Å²) >= 11 is 0. The Morgan fingerprint density at radius 2 is 2.26 bits per heavy atom. The fourth-order valence-corrected chi connectivity index (χ4v) is 2.87. The summed E-state index contributed by atoms with van der Waals surface area (Å²) in [6.45, 7) is 0. The van der Waals surface area contributed by atoms with E-state index in [4.69, 9.17) is 0 Å². The molecule has 1 aromatic carbocycles. The monoisotopic (exact) mass is 283 g/mol. The number of methoxy groups -OCH3 is 1. The number of benzene rings is 1. The molecule has 2 rings (SSSR count). The minimum Gasteiger partial charge on any atom is -0.453 e. The molecular weight excluding hydrogens is 269 g/mol. The van der Waals surface area contributed by atoms with E-state index in [9.17, 15) is 13.4 Å². The lowest BCUT2D eigenvalue weighted by molar-refractivity contribution is 0.187. The Labute approximate surface area is 113 Å². The number of allylic oxidation sites excluding steroid dienone is 1. The predicted octanol–water partition coefficient (Wildman–Crippen LogP) is 2.54. The summed E-state index contributed by atoms with van der Waals surface area (Å²) in [5.41, 5.74) is 1.70. The van der Waals surface area contributed by atoms with E-state index in [0.717, 1.165) is 5.57 Å². The number of halogens is 1. The third kappa shape index (κ3) is 3.41. The first-order chi connectivity index (χ1) is 9.10. The van der Waals surface area contributed by atoms with Crippen molar-refractivity contribution in [1.29, 1.82) is 0 Å². The van der Waals surface area contributed by atoms with Crippen LogP contribution in [0.15, 0.2) is 24.3 Å². The molecule has 1 unspecified atom stereocenters. The lowest BCUT2D eigenvalue weighted by Gasteiger charge is -2.14. The molecule has 6 heteroatoms. The summed E-state index contributed by atoms with van der Waals surface area (Å²) < 4.78 is 29.7. The molecule has 1 heterocycles. The molecule has 102 valence electrons. The summed E-state index contributed by atoms with van der Waals surface area (Å²) in [6.07, 6.45) is 1.78. The number of carbonyl (C=O) groups is 1. The van der Waals surface area contributed by atoms with Crippen molar-refractivity contribution >= 4 is 28.2 Å². The van der Waals surface area contributed by atoms with Crippen molar-refractivity contribution < 1.29 is 18.1 Å². The topological polar surface area (TPSA) is 55.4 Å². The van der Waals surface area contributed by atoms with Crippen molar-refractivity contribution in [2.75, 3.05) is 23.9 Å². The minimum absolute atomic E-state index is 0.341. The molecule has 0 saturated heterocycles. The van der Waals surface area contributed by atoms with Gasteiger partial charge in [-0.05, 0) is 30.2 Å². The number of amides is 1. The van der Waals surface area contributed by atoms with Gasteiger partial charge >= 0.3 is 6.09 Å². The average molecular weight is 283 g/mol. The molecule has 1 aromatic rings. The Morgan fingerprint density at radius 1 is 1.47 bits per heavy atom. The molecule has 4 nitrogen and oxygen atoms in total. The number of nitrogens with one attached hydrogen (secondary N) is 1. The van der Waals surface area contributed by atoms with Crippen LogP contribution in [0.5, 0.6) is 0 Å². The highest BCUT2D eigenvalue weighted by molar-refractivity contribution is 7.85. The van der Waals surface area contributed by atoms with Crippen LogP contribution in [0.3, 0.4) is 0 Å². The summed E-state index contributed by atoms with van der Waals surface area (Å²) in [4.78, 5) is 11.0.